The third kappa shape index (κ3) is 4.31. The number of hydrogen-bond donors (Lipinski definition) is 1. The molecule has 8 heteroatoms. The number of aliphatic hydroxyl groups is 1. The van der Waals surface area contributed by atoms with Gasteiger partial charge in [-0.15, -0.1) is 11.3 Å². The van der Waals surface area contributed by atoms with Gasteiger partial charge in [-0.05, 0) is 43.7 Å². The summed E-state index contributed by atoms with van der Waals surface area (Å²) in [6.07, 6.45) is 1.48. The lowest BCUT2D eigenvalue weighted by Crippen LogP contribution is -2.30. The smallest absolute Gasteiger partial charge is 0.290 e. The zero-order valence-electron chi connectivity index (χ0n) is 19.8. The van der Waals surface area contributed by atoms with Crippen LogP contribution in [0.1, 0.15) is 39.7 Å². The fraction of sp³-hybridized carbons (Fsp3) is 0.179. The monoisotopic (exact) mass is 500 g/mol. The standard InChI is InChI=1S/C28H24N2O5S/c1-3-34-20-12-7-9-18(15-20)16-30-23(21-13-8-14-35-21)22(25(32)28(30)33)24(31)26-17(2)29-27(36-26)19-10-5-4-6-11-19/h4-15,23,32H,3,16H2,1-2H3. The van der Waals surface area contributed by atoms with E-state index in [4.69, 9.17) is 9.15 Å². The number of aromatic nitrogens is 1. The first-order valence-electron chi connectivity index (χ1n) is 11.5. The normalized spacial score (nSPS) is 15.6. The number of ketones is 1. The van der Waals surface area contributed by atoms with Crippen LogP contribution in [0.3, 0.4) is 0 Å². The van der Waals surface area contributed by atoms with Gasteiger partial charge in [-0.3, -0.25) is 9.59 Å². The van der Waals surface area contributed by atoms with Crippen molar-refractivity contribution >= 4 is 23.0 Å². The van der Waals surface area contributed by atoms with E-state index in [9.17, 15) is 14.7 Å². The van der Waals surface area contributed by atoms with E-state index in [0.717, 1.165) is 11.1 Å². The Morgan fingerprint density at radius 3 is 2.67 bits per heavy atom. The average molecular weight is 501 g/mol. The van der Waals surface area contributed by atoms with Crippen molar-refractivity contribution < 1.29 is 23.8 Å². The van der Waals surface area contributed by atoms with Crippen molar-refractivity contribution in [2.45, 2.75) is 26.4 Å². The molecule has 1 aliphatic heterocycles. The summed E-state index contributed by atoms with van der Waals surface area (Å²) in [6, 6.07) is 19.5. The molecule has 36 heavy (non-hydrogen) atoms. The molecule has 7 nitrogen and oxygen atoms in total. The number of aliphatic hydroxyl groups excluding tert-OH is 1. The average Bonchev–Trinajstić information content (AvgIpc) is 3.60. The van der Waals surface area contributed by atoms with Crippen LogP contribution >= 0.6 is 11.3 Å². The van der Waals surface area contributed by atoms with E-state index in [1.807, 2.05) is 61.5 Å². The van der Waals surface area contributed by atoms with Gasteiger partial charge in [-0.25, -0.2) is 4.98 Å². The second kappa shape index (κ2) is 9.83. The molecular formula is C28H24N2O5S. The van der Waals surface area contributed by atoms with E-state index in [1.54, 1.807) is 19.1 Å². The van der Waals surface area contributed by atoms with Crippen molar-refractivity contribution in [1.82, 2.24) is 9.88 Å². The van der Waals surface area contributed by atoms with E-state index in [2.05, 4.69) is 4.98 Å². The Balaban J connectivity index is 1.52. The molecule has 2 aromatic carbocycles. The maximum absolute atomic E-state index is 13.8. The molecule has 0 spiro atoms. The summed E-state index contributed by atoms with van der Waals surface area (Å²) < 4.78 is 11.2. The van der Waals surface area contributed by atoms with E-state index in [-0.39, 0.29) is 12.1 Å². The molecule has 1 atom stereocenters. The molecule has 5 rings (SSSR count). The molecule has 3 heterocycles. The fourth-order valence-corrected chi connectivity index (χ4v) is 5.35. The highest BCUT2D eigenvalue weighted by Gasteiger charge is 2.46. The van der Waals surface area contributed by atoms with Crippen LogP contribution in [-0.4, -0.2) is 33.3 Å². The Bertz CT molecular complexity index is 1440. The van der Waals surface area contributed by atoms with Gasteiger partial charge in [-0.2, -0.15) is 0 Å². The molecule has 1 unspecified atom stereocenters. The maximum Gasteiger partial charge on any atom is 0.290 e. The van der Waals surface area contributed by atoms with Gasteiger partial charge in [0.25, 0.3) is 5.91 Å². The number of hydrogen-bond acceptors (Lipinski definition) is 7. The zero-order valence-corrected chi connectivity index (χ0v) is 20.6. The first-order chi connectivity index (χ1) is 17.5. The second-order valence-electron chi connectivity index (χ2n) is 8.32. The number of thiazole rings is 1. The molecule has 0 radical (unpaired) electrons. The Kier molecular flexibility index (Phi) is 6.43. The predicted molar refractivity (Wildman–Crippen MR) is 136 cm³/mol. The predicted octanol–water partition coefficient (Wildman–Crippen LogP) is 5.89. The van der Waals surface area contributed by atoms with Gasteiger partial charge in [0.05, 0.1) is 29.0 Å². The Morgan fingerprint density at radius 2 is 1.94 bits per heavy atom. The van der Waals surface area contributed by atoms with E-state index in [1.165, 1.54) is 22.5 Å². The van der Waals surface area contributed by atoms with Gasteiger partial charge in [0, 0.05) is 12.1 Å². The lowest BCUT2D eigenvalue weighted by atomic mass is 9.99. The fourth-order valence-electron chi connectivity index (χ4n) is 4.32. The molecule has 0 saturated carbocycles. The summed E-state index contributed by atoms with van der Waals surface area (Å²) in [6.45, 7) is 4.32. The summed E-state index contributed by atoms with van der Waals surface area (Å²) in [7, 11) is 0. The van der Waals surface area contributed by atoms with Crippen molar-refractivity contribution in [2.24, 2.45) is 0 Å². The van der Waals surface area contributed by atoms with Crippen LogP contribution in [0.5, 0.6) is 5.75 Å². The van der Waals surface area contributed by atoms with Crippen LogP contribution in [0.25, 0.3) is 10.6 Å². The lowest BCUT2D eigenvalue weighted by molar-refractivity contribution is -0.130. The molecule has 0 bridgehead atoms. The van der Waals surface area contributed by atoms with Crippen LogP contribution in [0.15, 0.2) is 88.7 Å². The summed E-state index contributed by atoms with van der Waals surface area (Å²) >= 11 is 1.24. The van der Waals surface area contributed by atoms with Gasteiger partial charge in [-0.1, -0.05) is 42.5 Å². The lowest BCUT2D eigenvalue weighted by Gasteiger charge is -2.25. The number of carbonyl (C=O) groups excluding carboxylic acids is 2. The largest absolute Gasteiger partial charge is 0.503 e. The second-order valence-corrected chi connectivity index (χ2v) is 9.32. The van der Waals surface area contributed by atoms with E-state index >= 15 is 0 Å². The number of carbonyl (C=O) groups is 2. The molecule has 1 aliphatic rings. The van der Waals surface area contributed by atoms with Crippen LogP contribution in [0.2, 0.25) is 0 Å². The Morgan fingerprint density at radius 1 is 1.14 bits per heavy atom. The van der Waals surface area contributed by atoms with Crippen molar-refractivity contribution in [3.63, 3.8) is 0 Å². The highest BCUT2D eigenvalue weighted by molar-refractivity contribution is 7.17. The van der Waals surface area contributed by atoms with Crippen LogP contribution in [-0.2, 0) is 11.3 Å². The van der Waals surface area contributed by atoms with Gasteiger partial charge in [0.1, 0.15) is 22.6 Å². The number of benzene rings is 2. The Hall–Kier alpha value is -4.17. The molecule has 0 saturated heterocycles. The molecular weight excluding hydrogens is 476 g/mol. The number of Topliss-reactive ketones (excluding diaryl/α,β-unsaturated/α-hetero) is 1. The maximum atomic E-state index is 13.8. The number of furan rings is 1. The van der Waals surface area contributed by atoms with Crippen LogP contribution < -0.4 is 4.74 Å². The molecule has 2 aromatic heterocycles. The minimum Gasteiger partial charge on any atom is -0.503 e. The first kappa shape index (κ1) is 23.6. The van der Waals surface area contributed by atoms with Crippen molar-refractivity contribution in [3.8, 4) is 16.3 Å². The molecule has 4 aromatic rings. The molecule has 0 aliphatic carbocycles. The van der Waals surface area contributed by atoms with Gasteiger partial charge >= 0.3 is 0 Å². The van der Waals surface area contributed by atoms with Crippen LogP contribution in [0, 0.1) is 6.92 Å². The molecule has 1 N–H and O–H groups in total. The molecule has 182 valence electrons. The Labute approximate surface area is 212 Å². The van der Waals surface area contributed by atoms with Gasteiger partial charge < -0.3 is 19.2 Å². The number of aryl methyl sites for hydroxylation is 1. The number of rotatable bonds is 8. The number of ether oxygens (including phenoxy) is 1. The number of nitrogens with zero attached hydrogens (tertiary/aromatic N) is 2. The number of amides is 1. The minimum atomic E-state index is -0.877. The van der Waals surface area contributed by atoms with Crippen LogP contribution in [0.4, 0.5) is 0 Å². The SMILES string of the molecule is CCOc1cccc(CN2C(=O)C(O)=C(C(=O)c3sc(-c4ccccc4)nc3C)C2c2ccco2)c1. The van der Waals surface area contributed by atoms with Crippen molar-refractivity contribution in [2.75, 3.05) is 6.61 Å². The van der Waals surface area contributed by atoms with Gasteiger partial charge in [0.2, 0.25) is 5.78 Å². The zero-order chi connectivity index (χ0) is 25.2. The van der Waals surface area contributed by atoms with E-state index in [0.29, 0.717) is 33.7 Å². The minimum absolute atomic E-state index is 0.0118. The topological polar surface area (TPSA) is 92.9 Å². The third-order valence-corrected chi connectivity index (χ3v) is 7.15. The molecule has 1 amide bonds. The van der Waals surface area contributed by atoms with Crippen molar-refractivity contribution in [3.05, 3.63) is 106 Å². The quantitative estimate of drug-likeness (QED) is 0.303. The third-order valence-electron chi connectivity index (χ3n) is 5.95. The summed E-state index contributed by atoms with van der Waals surface area (Å²) in [4.78, 5) is 33.5. The van der Waals surface area contributed by atoms with Crippen molar-refractivity contribution in [1.29, 1.82) is 0 Å². The van der Waals surface area contributed by atoms with Gasteiger partial charge in [0.15, 0.2) is 5.76 Å². The van der Waals surface area contributed by atoms with E-state index < -0.39 is 23.5 Å². The highest BCUT2D eigenvalue weighted by atomic mass is 32.1. The first-order valence-corrected chi connectivity index (χ1v) is 12.4. The summed E-state index contributed by atoms with van der Waals surface area (Å²) in [5.74, 6) is -0.575. The summed E-state index contributed by atoms with van der Waals surface area (Å²) in [5.41, 5.74) is 2.22. The summed E-state index contributed by atoms with van der Waals surface area (Å²) in [5, 5.41) is 11.6. The molecule has 0 fully saturated rings. The highest BCUT2D eigenvalue weighted by Crippen LogP contribution is 2.42.